The Labute approximate surface area is 136 Å². The molecule has 0 radical (unpaired) electrons. The first kappa shape index (κ1) is 16.7. The van der Waals surface area contributed by atoms with Crippen molar-refractivity contribution in [1.82, 2.24) is 15.6 Å². The Hall–Kier alpha value is -2.16. The number of carbonyl (C=O) groups excluding carboxylic acids is 2. The first-order valence-corrected chi connectivity index (χ1v) is 7.57. The third-order valence-electron chi connectivity index (χ3n) is 4.81. The van der Waals surface area contributed by atoms with Gasteiger partial charge in [-0.3, -0.25) is 14.6 Å². The number of alkyl halides is 3. The minimum absolute atomic E-state index is 0.0419. The van der Waals surface area contributed by atoms with Gasteiger partial charge in [-0.2, -0.15) is 13.2 Å². The second-order valence-electron chi connectivity index (χ2n) is 6.41. The van der Waals surface area contributed by atoms with E-state index < -0.39 is 28.7 Å². The van der Waals surface area contributed by atoms with Crippen molar-refractivity contribution in [1.29, 1.82) is 0 Å². The highest BCUT2D eigenvalue weighted by Gasteiger charge is 2.56. The van der Waals surface area contributed by atoms with E-state index in [2.05, 4.69) is 15.6 Å². The number of piperidine rings is 2. The van der Waals surface area contributed by atoms with Crippen LogP contribution in [0.4, 0.5) is 13.2 Å². The molecule has 1 aliphatic carbocycles. The molecular formula is C15H17F3N4O2. The maximum Gasteiger partial charge on any atom is 0.417 e. The molecule has 0 aromatic carbocycles. The second kappa shape index (κ2) is 5.44. The minimum atomic E-state index is -4.45. The molecule has 4 N–H and O–H groups in total. The Morgan fingerprint density at radius 3 is 2.46 bits per heavy atom. The van der Waals surface area contributed by atoms with Crippen LogP contribution < -0.4 is 16.4 Å². The Morgan fingerprint density at radius 2 is 1.96 bits per heavy atom. The molecule has 3 fully saturated rings. The average molecular weight is 342 g/mol. The molecule has 4 rings (SSSR count). The molecule has 2 amide bonds. The summed E-state index contributed by atoms with van der Waals surface area (Å²) in [5.41, 5.74) is 3.55. The van der Waals surface area contributed by atoms with Gasteiger partial charge in [-0.25, -0.2) is 0 Å². The summed E-state index contributed by atoms with van der Waals surface area (Å²) in [4.78, 5) is 28.4. The molecule has 6 nitrogen and oxygen atoms in total. The molecular weight excluding hydrogens is 325 g/mol. The van der Waals surface area contributed by atoms with Gasteiger partial charge in [0.2, 0.25) is 11.8 Å². The van der Waals surface area contributed by atoms with Crippen LogP contribution in [0.15, 0.2) is 18.3 Å². The number of aromatic nitrogens is 1. The fourth-order valence-electron chi connectivity index (χ4n) is 3.19. The SMILES string of the molecule is NC12CCC(C(=O)NCc3ccc(C(F)(F)F)cn3)(CC1)C(=O)N2. The summed E-state index contributed by atoms with van der Waals surface area (Å²) in [5, 5.41) is 5.28. The van der Waals surface area contributed by atoms with Gasteiger partial charge in [0.25, 0.3) is 0 Å². The highest BCUT2D eigenvalue weighted by molar-refractivity contribution is 6.06. The van der Waals surface area contributed by atoms with Crippen LogP contribution in [0.25, 0.3) is 0 Å². The van der Waals surface area contributed by atoms with Crippen molar-refractivity contribution in [2.45, 2.75) is 44.1 Å². The third kappa shape index (κ3) is 2.83. The van der Waals surface area contributed by atoms with Gasteiger partial charge in [-0.05, 0) is 37.8 Å². The molecule has 24 heavy (non-hydrogen) atoms. The highest BCUT2D eigenvalue weighted by Crippen LogP contribution is 2.44. The summed E-state index contributed by atoms with van der Waals surface area (Å²) in [7, 11) is 0. The van der Waals surface area contributed by atoms with Crippen LogP contribution in [0.2, 0.25) is 0 Å². The van der Waals surface area contributed by atoms with Crippen molar-refractivity contribution in [2.75, 3.05) is 0 Å². The fourth-order valence-corrected chi connectivity index (χ4v) is 3.19. The molecule has 3 aliphatic rings. The van der Waals surface area contributed by atoms with Crippen LogP contribution in [0, 0.1) is 5.41 Å². The van der Waals surface area contributed by atoms with Crippen LogP contribution in [-0.4, -0.2) is 22.5 Å². The largest absolute Gasteiger partial charge is 0.417 e. The molecule has 1 saturated carbocycles. The van der Waals surface area contributed by atoms with E-state index in [0.717, 1.165) is 12.3 Å². The average Bonchev–Trinajstić information content (AvgIpc) is 2.52. The lowest BCUT2D eigenvalue weighted by Gasteiger charge is -2.49. The summed E-state index contributed by atoms with van der Waals surface area (Å²) >= 11 is 0. The van der Waals surface area contributed by atoms with Crippen molar-refractivity contribution in [3.8, 4) is 0 Å². The van der Waals surface area contributed by atoms with Crippen LogP contribution in [0.1, 0.15) is 36.9 Å². The Balaban J connectivity index is 1.65. The van der Waals surface area contributed by atoms with Gasteiger partial charge in [0.15, 0.2) is 0 Å². The lowest BCUT2D eigenvalue weighted by molar-refractivity contribution is -0.155. The first-order valence-electron chi connectivity index (χ1n) is 7.57. The number of nitrogens with two attached hydrogens (primary N) is 1. The smallest absolute Gasteiger partial charge is 0.350 e. The van der Waals surface area contributed by atoms with Crippen LogP contribution in [0.3, 0.4) is 0 Å². The maximum absolute atomic E-state index is 12.5. The molecule has 2 aliphatic heterocycles. The van der Waals surface area contributed by atoms with Gasteiger partial charge < -0.3 is 16.4 Å². The van der Waals surface area contributed by atoms with Crippen LogP contribution in [0.5, 0.6) is 0 Å². The minimum Gasteiger partial charge on any atom is -0.350 e. The van der Waals surface area contributed by atoms with Gasteiger partial charge in [0, 0.05) is 6.20 Å². The van der Waals surface area contributed by atoms with Gasteiger partial charge >= 0.3 is 6.18 Å². The number of halogens is 3. The molecule has 3 heterocycles. The fraction of sp³-hybridized carbons (Fsp3) is 0.533. The molecule has 2 saturated heterocycles. The Morgan fingerprint density at radius 1 is 1.29 bits per heavy atom. The number of hydrogen-bond donors (Lipinski definition) is 3. The zero-order valence-electron chi connectivity index (χ0n) is 12.7. The number of pyridine rings is 1. The number of carbonyl (C=O) groups is 2. The number of rotatable bonds is 3. The van der Waals surface area contributed by atoms with E-state index in [1.165, 1.54) is 6.07 Å². The predicted octanol–water partition coefficient (Wildman–Crippen LogP) is 1.06. The van der Waals surface area contributed by atoms with Gasteiger partial charge in [-0.1, -0.05) is 0 Å². The number of nitrogens with zero attached hydrogens (tertiary/aromatic N) is 1. The molecule has 0 atom stereocenters. The van der Waals surface area contributed by atoms with E-state index in [4.69, 9.17) is 5.73 Å². The maximum atomic E-state index is 12.5. The summed E-state index contributed by atoms with van der Waals surface area (Å²) in [6.07, 6.45) is -1.97. The zero-order valence-corrected chi connectivity index (χ0v) is 12.7. The van der Waals surface area contributed by atoms with Gasteiger partial charge in [-0.15, -0.1) is 0 Å². The summed E-state index contributed by atoms with van der Waals surface area (Å²) < 4.78 is 37.5. The van der Waals surface area contributed by atoms with Crippen LogP contribution in [-0.2, 0) is 22.3 Å². The number of fused-ring (bicyclic) bond motifs is 3. The van der Waals surface area contributed by atoms with Crippen molar-refractivity contribution in [3.63, 3.8) is 0 Å². The Kier molecular flexibility index (Phi) is 3.78. The summed E-state index contributed by atoms with van der Waals surface area (Å²) in [5.74, 6) is -0.830. The van der Waals surface area contributed by atoms with E-state index in [-0.39, 0.29) is 18.1 Å². The molecule has 1 aromatic rings. The molecule has 130 valence electrons. The predicted molar refractivity (Wildman–Crippen MR) is 77.0 cm³/mol. The second-order valence-corrected chi connectivity index (χ2v) is 6.41. The first-order chi connectivity index (χ1) is 11.1. The standard InChI is InChI=1S/C15H17F3N4O2/c16-15(17,18)9-1-2-10(20-7-9)8-21-11(23)13-3-5-14(19,6-4-13)22-12(13)24/h1-2,7H,3-6,8,19H2,(H,21,23)(H,22,24). The molecule has 0 unspecified atom stereocenters. The zero-order chi connectivity index (χ0) is 17.6. The Bertz CT molecular complexity index is 664. The lowest BCUT2D eigenvalue weighted by atomic mass is 9.65. The third-order valence-corrected chi connectivity index (χ3v) is 4.81. The summed E-state index contributed by atoms with van der Waals surface area (Å²) in [6.45, 7) is -0.0419. The number of amides is 2. The number of hydrogen-bond acceptors (Lipinski definition) is 4. The van der Waals surface area contributed by atoms with Gasteiger partial charge in [0.05, 0.1) is 23.5 Å². The van der Waals surface area contributed by atoms with E-state index in [1.807, 2.05) is 0 Å². The van der Waals surface area contributed by atoms with Gasteiger partial charge in [0.1, 0.15) is 5.41 Å². The highest BCUT2D eigenvalue weighted by atomic mass is 19.4. The molecule has 9 heteroatoms. The van der Waals surface area contributed by atoms with Crippen molar-refractivity contribution >= 4 is 11.8 Å². The number of nitrogens with one attached hydrogen (secondary N) is 2. The normalized spacial score (nSPS) is 29.2. The molecule has 2 bridgehead atoms. The molecule has 0 spiro atoms. The van der Waals surface area contributed by atoms with Crippen molar-refractivity contribution < 1.29 is 22.8 Å². The topological polar surface area (TPSA) is 97.1 Å². The monoisotopic (exact) mass is 342 g/mol. The lowest BCUT2D eigenvalue weighted by Crippen LogP contribution is -2.71. The quantitative estimate of drug-likeness (QED) is 0.716. The van der Waals surface area contributed by atoms with E-state index in [1.54, 1.807) is 0 Å². The summed E-state index contributed by atoms with van der Waals surface area (Å²) in [6, 6.07) is 2.11. The van der Waals surface area contributed by atoms with E-state index >= 15 is 0 Å². The van der Waals surface area contributed by atoms with E-state index in [9.17, 15) is 22.8 Å². The van der Waals surface area contributed by atoms with Crippen molar-refractivity contribution in [3.05, 3.63) is 29.6 Å². The molecule has 1 aromatic heterocycles. The van der Waals surface area contributed by atoms with E-state index in [0.29, 0.717) is 25.7 Å². The van der Waals surface area contributed by atoms with Crippen molar-refractivity contribution in [2.24, 2.45) is 11.1 Å². The van der Waals surface area contributed by atoms with Crippen LogP contribution >= 0.6 is 0 Å².